The summed E-state index contributed by atoms with van der Waals surface area (Å²) < 4.78 is 5.48. The highest BCUT2D eigenvalue weighted by atomic mass is 16.5. The summed E-state index contributed by atoms with van der Waals surface area (Å²) in [5, 5.41) is 9.24. The zero-order valence-electron chi connectivity index (χ0n) is 12.5. The van der Waals surface area contributed by atoms with Crippen molar-refractivity contribution < 1.29 is 14.6 Å². The molecule has 4 rings (SSSR count). The van der Waals surface area contributed by atoms with Gasteiger partial charge in [0.1, 0.15) is 11.5 Å². The van der Waals surface area contributed by atoms with Crippen molar-refractivity contribution in [2.75, 3.05) is 0 Å². The van der Waals surface area contributed by atoms with Gasteiger partial charge < -0.3 is 9.84 Å². The third kappa shape index (κ3) is 2.44. The topological polar surface area (TPSA) is 46.5 Å². The zero-order valence-corrected chi connectivity index (χ0v) is 12.5. The average Bonchev–Trinajstić information content (AvgIpc) is 3.04. The van der Waals surface area contributed by atoms with E-state index in [1.807, 2.05) is 6.08 Å². The predicted molar refractivity (Wildman–Crippen MR) is 88.3 cm³/mol. The molecule has 2 bridgehead atoms. The highest BCUT2D eigenvalue weighted by molar-refractivity contribution is 5.88. The molecule has 1 aromatic rings. The van der Waals surface area contributed by atoms with Crippen LogP contribution in [0, 0.1) is 5.41 Å². The van der Waals surface area contributed by atoms with Crippen LogP contribution < -0.4 is 0 Å². The van der Waals surface area contributed by atoms with Gasteiger partial charge in [0.05, 0.1) is 0 Å². The van der Waals surface area contributed by atoms with Crippen molar-refractivity contribution in [1.29, 1.82) is 0 Å². The van der Waals surface area contributed by atoms with E-state index in [-0.39, 0.29) is 11.2 Å². The molecule has 1 aromatic carbocycles. The van der Waals surface area contributed by atoms with Gasteiger partial charge in [0, 0.05) is 11.5 Å². The van der Waals surface area contributed by atoms with Gasteiger partial charge >= 0.3 is 5.97 Å². The number of carbonyl (C=O) groups excluding carboxylic acids is 1. The molecule has 3 nitrogen and oxygen atoms in total. The van der Waals surface area contributed by atoms with Gasteiger partial charge in [-0.3, -0.25) is 0 Å². The Morgan fingerprint density at radius 3 is 2.87 bits per heavy atom. The summed E-state index contributed by atoms with van der Waals surface area (Å²) in [6.07, 6.45) is 15.6. The van der Waals surface area contributed by atoms with Gasteiger partial charge in [-0.05, 0) is 48.3 Å². The lowest BCUT2D eigenvalue weighted by molar-refractivity contribution is -0.133. The maximum atomic E-state index is 12.0. The molecule has 0 aromatic heterocycles. The molecule has 0 saturated heterocycles. The number of benzene rings is 1. The number of carbonyl (C=O) groups is 1. The van der Waals surface area contributed by atoms with Crippen LogP contribution in [-0.4, -0.2) is 11.1 Å². The van der Waals surface area contributed by atoms with E-state index < -0.39 is 5.97 Å². The fraction of sp³-hybridized carbons (Fsp3) is 0.150. The number of hydrogen-bond donors (Lipinski definition) is 1. The van der Waals surface area contributed by atoms with Crippen LogP contribution in [0.2, 0.25) is 0 Å². The summed E-state index contributed by atoms with van der Waals surface area (Å²) in [7, 11) is 0. The van der Waals surface area contributed by atoms with Crippen LogP contribution in [0.5, 0.6) is 5.75 Å². The maximum Gasteiger partial charge on any atom is 0.336 e. The Kier molecular flexibility index (Phi) is 3.08. The fourth-order valence-electron chi connectivity index (χ4n) is 3.34. The molecular formula is C20H16O3. The molecule has 23 heavy (non-hydrogen) atoms. The van der Waals surface area contributed by atoms with Crippen LogP contribution in [0.4, 0.5) is 0 Å². The van der Waals surface area contributed by atoms with E-state index >= 15 is 0 Å². The zero-order chi connectivity index (χ0) is 15.9. The molecule has 0 fully saturated rings. The highest BCUT2D eigenvalue weighted by Gasteiger charge is 2.40. The van der Waals surface area contributed by atoms with Crippen molar-refractivity contribution in [2.24, 2.45) is 5.41 Å². The van der Waals surface area contributed by atoms with E-state index in [1.165, 1.54) is 11.6 Å². The maximum absolute atomic E-state index is 12.0. The quantitative estimate of drug-likeness (QED) is 0.520. The van der Waals surface area contributed by atoms with Gasteiger partial charge in [0.15, 0.2) is 0 Å². The van der Waals surface area contributed by atoms with Crippen LogP contribution in [0.15, 0.2) is 77.6 Å². The van der Waals surface area contributed by atoms with Gasteiger partial charge in [0.2, 0.25) is 0 Å². The lowest BCUT2D eigenvalue weighted by Gasteiger charge is -2.23. The molecular weight excluding hydrogens is 288 g/mol. The SMILES string of the molecule is O=C(C=Cc1ccc(O)cc1)OC1=C2C=C3CC=CC3(C=C1)C2. The molecule has 0 radical (unpaired) electrons. The van der Waals surface area contributed by atoms with Gasteiger partial charge in [-0.2, -0.15) is 0 Å². The summed E-state index contributed by atoms with van der Waals surface area (Å²) in [6, 6.07) is 6.63. The molecule has 0 amide bonds. The molecule has 3 heteroatoms. The number of esters is 1. The summed E-state index contributed by atoms with van der Waals surface area (Å²) in [6.45, 7) is 0. The largest absolute Gasteiger partial charge is 0.508 e. The lowest BCUT2D eigenvalue weighted by Crippen LogP contribution is -2.14. The first-order chi connectivity index (χ1) is 11.1. The standard InChI is InChI=1S/C20H16O3/c21-17-6-3-14(4-7-17)5-8-19(22)23-18-9-11-20-10-1-2-16(20)12-15(18)13-20/h1,3-12,21H,2,13H2. The van der Waals surface area contributed by atoms with Crippen LogP contribution in [0.1, 0.15) is 18.4 Å². The van der Waals surface area contributed by atoms with Crippen molar-refractivity contribution in [3.63, 3.8) is 0 Å². The third-order valence-corrected chi connectivity index (χ3v) is 4.55. The minimum Gasteiger partial charge on any atom is -0.508 e. The first kappa shape index (κ1) is 13.8. The van der Waals surface area contributed by atoms with E-state index in [2.05, 4.69) is 24.3 Å². The van der Waals surface area contributed by atoms with E-state index in [9.17, 15) is 9.90 Å². The molecule has 3 aliphatic rings. The first-order valence-corrected chi connectivity index (χ1v) is 7.65. The van der Waals surface area contributed by atoms with Gasteiger partial charge in [0.25, 0.3) is 0 Å². The second-order valence-corrected chi connectivity index (χ2v) is 6.06. The number of rotatable bonds is 3. The Labute approximate surface area is 134 Å². The van der Waals surface area contributed by atoms with E-state index in [0.29, 0.717) is 5.76 Å². The number of phenols is 1. The molecule has 3 aliphatic carbocycles. The number of hydrogen-bond acceptors (Lipinski definition) is 3. The summed E-state index contributed by atoms with van der Waals surface area (Å²) >= 11 is 0. The monoisotopic (exact) mass is 304 g/mol. The Morgan fingerprint density at radius 1 is 1.22 bits per heavy atom. The van der Waals surface area contributed by atoms with Crippen molar-refractivity contribution in [3.05, 3.63) is 83.2 Å². The molecule has 114 valence electrons. The van der Waals surface area contributed by atoms with Crippen LogP contribution >= 0.6 is 0 Å². The molecule has 1 N–H and O–H groups in total. The van der Waals surface area contributed by atoms with Crippen molar-refractivity contribution in [2.45, 2.75) is 12.8 Å². The highest BCUT2D eigenvalue weighted by Crippen LogP contribution is 2.52. The van der Waals surface area contributed by atoms with Gasteiger partial charge in [-0.25, -0.2) is 4.79 Å². The summed E-state index contributed by atoms with van der Waals surface area (Å²) in [4.78, 5) is 12.0. The lowest BCUT2D eigenvalue weighted by atomic mass is 9.81. The minimum atomic E-state index is -0.396. The van der Waals surface area contributed by atoms with Crippen molar-refractivity contribution in [3.8, 4) is 5.75 Å². The first-order valence-electron chi connectivity index (χ1n) is 7.65. The number of allylic oxidation sites excluding steroid dienone is 7. The number of fused-ring (bicyclic) bond motifs is 1. The molecule has 1 unspecified atom stereocenters. The van der Waals surface area contributed by atoms with Gasteiger partial charge in [-0.1, -0.05) is 42.0 Å². The second-order valence-electron chi connectivity index (χ2n) is 6.06. The molecule has 0 saturated carbocycles. The Morgan fingerprint density at radius 2 is 2.04 bits per heavy atom. The van der Waals surface area contributed by atoms with E-state index in [4.69, 9.17) is 4.74 Å². The number of phenolic OH excluding ortho intramolecular Hbond substituents is 1. The Hall–Kier alpha value is -2.81. The smallest absolute Gasteiger partial charge is 0.336 e. The predicted octanol–water partition coefficient (Wildman–Crippen LogP) is 4.05. The summed E-state index contributed by atoms with van der Waals surface area (Å²) in [5.41, 5.74) is 3.36. The van der Waals surface area contributed by atoms with Gasteiger partial charge in [-0.15, -0.1) is 0 Å². The van der Waals surface area contributed by atoms with Crippen molar-refractivity contribution >= 4 is 12.0 Å². The number of ether oxygens (including phenoxy) is 1. The third-order valence-electron chi connectivity index (χ3n) is 4.55. The number of aromatic hydroxyl groups is 1. The van der Waals surface area contributed by atoms with Crippen LogP contribution in [0.3, 0.4) is 0 Å². The van der Waals surface area contributed by atoms with Crippen LogP contribution in [0.25, 0.3) is 6.08 Å². The Balaban J connectivity index is 1.47. The molecule has 1 spiro atoms. The van der Waals surface area contributed by atoms with Crippen LogP contribution in [-0.2, 0) is 9.53 Å². The second kappa shape index (κ2) is 5.13. The molecule has 0 heterocycles. The van der Waals surface area contributed by atoms with Crippen molar-refractivity contribution in [1.82, 2.24) is 0 Å². The van der Waals surface area contributed by atoms with E-state index in [0.717, 1.165) is 24.0 Å². The normalized spacial score (nSPS) is 24.3. The van der Waals surface area contributed by atoms with E-state index in [1.54, 1.807) is 30.3 Å². The summed E-state index contributed by atoms with van der Waals surface area (Å²) in [5.74, 6) is 0.449. The average molecular weight is 304 g/mol. The Bertz CT molecular complexity index is 819. The minimum absolute atomic E-state index is 0.0487. The molecule has 0 aliphatic heterocycles. The molecule has 1 atom stereocenters. The fourth-order valence-corrected chi connectivity index (χ4v) is 3.34.